The van der Waals surface area contributed by atoms with Crippen molar-refractivity contribution >= 4 is 0 Å². The molecule has 0 aromatic heterocycles. The molecule has 0 amide bonds. The molecule has 2 atom stereocenters. The van der Waals surface area contributed by atoms with Gasteiger partial charge in [0.15, 0.2) is 0 Å². The van der Waals surface area contributed by atoms with Crippen molar-refractivity contribution in [2.24, 2.45) is 0 Å². The number of hydrogen-bond donors (Lipinski definition) is 1. The van der Waals surface area contributed by atoms with E-state index in [-0.39, 0.29) is 0 Å². The molecular formula is C18H35N3. The summed E-state index contributed by atoms with van der Waals surface area (Å²) in [6, 6.07) is 2.49. The summed E-state index contributed by atoms with van der Waals surface area (Å²) in [7, 11) is 4.59. The average Bonchev–Trinajstić information content (AvgIpc) is 2.39. The van der Waals surface area contributed by atoms with Crippen LogP contribution in [-0.2, 0) is 0 Å². The van der Waals surface area contributed by atoms with E-state index in [1.807, 2.05) is 0 Å². The summed E-state index contributed by atoms with van der Waals surface area (Å²) in [5, 5.41) is 3.80. The minimum absolute atomic E-state index is 0.498. The van der Waals surface area contributed by atoms with Gasteiger partial charge in [-0.2, -0.15) is 0 Å². The predicted octanol–water partition coefficient (Wildman–Crippen LogP) is 2.86. The van der Waals surface area contributed by atoms with Crippen molar-refractivity contribution in [1.29, 1.82) is 0 Å². The zero-order valence-electron chi connectivity index (χ0n) is 14.4. The van der Waals surface area contributed by atoms with Gasteiger partial charge >= 0.3 is 0 Å². The molecule has 1 saturated carbocycles. The van der Waals surface area contributed by atoms with E-state index >= 15 is 0 Å². The Balaban J connectivity index is 1.63. The minimum Gasteiger partial charge on any atom is -0.314 e. The van der Waals surface area contributed by atoms with Gasteiger partial charge in [0.25, 0.3) is 0 Å². The molecule has 2 unspecified atom stereocenters. The van der Waals surface area contributed by atoms with Crippen molar-refractivity contribution in [3.63, 3.8) is 0 Å². The third-order valence-corrected chi connectivity index (χ3v) is 6.52. The van der Waals surface area contributed by atoms with Crippen LogP contribution in [-0.4, -0.2) is 60.6 Å². The molecule has 0 radical (unpaired) electrons. The van der Waals surface area contributed by atoms with E-state index in [4.69, 9.17) is 0 Å². The highest BCUT2D eigenvalue weighted by Gasteiger charge is 2.46. The van der Waals surface area contributed by atoms with Crippen molar-refractivity contribution in [3.05, 3.63) is 0 Å². The minimum atomic E-state index is 0.498. The third kappa shape index (κ3) is 3.16. The Morgan fingerprint density at radius 1 is 1.10 bits per heavy atom. The highest BCUT2D eigenvalue weighted by molar-refractivity contribution is 5.03. The van der Waals surface area contributed by atoms with Gasteiger partial charge in [0, 0.05) is 30.2 Å². The summed E-state index contributed by atoms with van der Waals surface area (Å²) < 4.78 is 0. The Hall–Kier alpha value is -0.120. The number of hydrogen-bond acceptors (Lipinski definition) is 3. The first-order valence-electron chi connectivity index (χ1n) is 9.31. The molecule has 2 saturated heterocycles. The lowest BCUT2D eigenvalue weighted by Gasteiger charge is -2.56. The Kier molecular flexibility index (Phi) is 4.92. The van der Waals surface area contributed by atoms with Gasteiger partial charge in [0.1, 0.15) is 0 Å². The lowest BCUT2D eigenvalue weighted by molar-refractivity contribution is -0.0477. The van der Waals surface area contributed by atoms with Crippen molar-refractivity contribution in [2.45, 2.75) is 88.4 Å². The van der Waals surface area contributed by atoms with Crippen LogP contribution in [0.5, 0.6) is 0 Å². The molecule has 0 aromatic rings. The van der Waals surface area contributed by atoms with E-state index in [2.05, 4.69) is 36.1 Å². The standard InChI is InChI=1S/C18H35N3/c1-4-11-19-15-12-16-7-5-8-17(13-15)21(16)14-18(20(2)3)9-6-10-18/h15-17,19H,4-14H2,1-3H3. The molecule has 2 aliphatic heterocycles. The maximum atomic E-state index is 3.80. The van der Waals surface area contributed by atoms with Crippen LogP contribution < -0.4 is 5.32 Å². The molecule has 3 fully saturated rings. The van der Waals surface area contributed by atoms with Gasteiger partial charge in [-0.25, -0.2) is 0 Å². The number of piperidine rings is 2. The topological polar surface area (TPSA) is 18.5 Å². The van der Waals surface area contributed by atoms with E-state index in [1.165, 1.54) is 70.9 Å². The van der Waals surface area contributed by atoms with Crippen LogP contribution in [0.15, 0.2) is 0 Å². The fourth-order valence-electron chi connectivity index (χ4n) is 4.92. The second-order valence-corrected chi connectivity index (χ2v) is 8.01. The van der Waals surface area contributed by atoms with E-state index in [9.17, 15) is 0 Å². The fraction of sp³-hybridized carbons (Fsp3) is 1.00. The molecule has 2 bridgehead atoms. The molecule has 122 valence electrons. The zero-order valence-corrected chi connectivity index (χ0v) is 14.4. The number of nitrogens with zero attached hydrogens (tertiary/aromatic N) is 2. The van der Waals surface area contributed by atoms with Crippen molar-refractivity contribution in [3.8, 4) is 0 Å². The molecule has 0 aromatic carbocycles. The first-order valence-corrected chi connectivity index (χ1v) is 9.31. The average molecular weight is 293 g/mol. The lowest BCUT2D eigenvalue weighted by Crippen LogP contribution is -2.64. The van der Waals surface area contributed by atoms with Crippen LogP contribution >= 0.6 is 0 Å². The molecule has 2 heterocycles. The first kappa shape index (κ1) is 15.8. The Morgan fingerprint density at radius 2 is 1.76 bits per heavy atom. The van der Waals surface area contributed by atoms with Crippen LogP contribution in [0.1, 0.15) is 64.7 Å². The van der Waals surface area contributed by atoms with Crippen LogP contribution in [0.3, 0.4) is 0 Å². The Morgan fingerprint density at radius 3 is 2.24 bits per heavy atom. The van der Waals surface area contributed by atoms with E-state index in [0.717, 1.165) is 18.1 Å². The fourth-order valence-corrected chi connectivity index (χ4v) is 4.92. The van der Waals surface area contributed by atoms with Gasteiger partial charge in [-0.05, 0) is 72.0 Å². The van der Waals surface area contributed by atoms with Crippen molar-refractivity contribution < 1.29 is 0 Å². The molecule has 1 N–H and O–H groups in total. The summed E-state index contributed by atoms with van der Waals surface area (Å²) in [5.74, 6) is 0. The summed E-state index contributed by atoms with van der Waals surface area (Å²) in [4.78, 5) is 5.44. The van der Waals surface area contributed by atoms with Crippen molar-refractivity contribution in [2.75, 3.05) is 27.2 Å². The predicted molar refractivity (Wildman–Crippen MR) is 89.7 cm³/mol. The molecule has 21 heavy (non-hydrogen) atoms. The first-order chi connectivity index (χ1) is 10.1. The molecule has 3 heteroatoms. The largest absolute Gasteiger partial charge is 0.314 e. The molecule has 0 spiro atoms. The molecule has 3 rings (SSSR count). The van der Waals surface area contributed by atoms with Gasteiger partial charge in [0.2, 0.25) is 0 Å². The summed E-state index contributed by atoms with van der Waals surface area (Å²) >= 11 is 0. The van der Waals surface area contributed by atoms with Gasteiger partial charge in [-0.15, -0.1) is 0 Å². The SMILES string of the molecule is CCCNC1CC2CCCC(C1)N2CC1(N(C)C)CCC1. The van der Waals surface area contributed by atoms with Gasteiger partial charge in [-0.1, -0.05) is 13.3 Å². The van der Waals surface area contributed by atoms with Crippen LogP contribution in [0, 0.1) is 0 Å². The molecule has 1 aliphatic carbocycles. The van der Waals surface area contributed by atoms with Crippen LogP contribution in [0.25, 0.3) is 0 Å². The monoisotopic (exact) mass is 293 g/mol. The maximum absolute atomic E-state index is 3.80. The Labute approximate surface area is 131 Å². The molecule has 3 nitrogen and oxygen atoms in total. The molecular weight excluding hydrogens is 258 g/mol. The maximum Gasteiger partial charge on any atom is 0.0330 e. The summed E-state index contributed by atoms with van der Waals surface area (Å²) in [6.45, 7) is 4.81. The van der Waals surface area contributed by atoms with Gasteiger partial charge in [0.05, 0.1) is 0 Å². The number of rotatable bonds is 6. The van der Waals surface area contributed by atoms with Gasteiger partial charge in [-0.3, -0.25) is 4.90 Å². The lowest BCUT2D eigenvalue weighted by atomic mass is 9.73. The summed E-state index contributed by atoms with van der Waals surface area (Å²) in [5.41, 5.74) is 0.498. The Bertz CT molecular complexity index is 323. The normalized spacial score (nSPS) is 35.7. The van der Waals surface area contributed by atoms with Crippen LogP contribution in [0.2, 0.25) is 0 Å². The van der Waals surface area contributed by atoms with E-state index in [1.54, 1.807) is 0 Å². The quantitative estimate of drug-likeness (QED) is 0.812. The second kappa shape index (κ2) is 6.55. The smallest absolute Gasteiger partial charge is 0.0330 e. The van der Waals surface area contributed by atoms with E-state index in [0.29, 0.717) is 5.54 Å². The highest BCUT2D eigenvalue weighted by atomic mass is 15.3. The second-order valence-electron chi connectivity index (χ2n) is 8.01. The summed E-state index contributed by atoms with van der Waals surface area (Å²) in [6.07, 6.45) is 12.6. The van der Waals surface area contributed by atoms with Crippen molar-refractivity contribution in [1.82, 2.24) is 15.1 Å². The molecule has 3 aliphatic rings. The number of likely N-dealkylation sites (N-methyl/N-ethyl adjacent to an activating group) is 1. The zero-order chi connectivity index (χ0) is 14.9. The number of nitrogens with one attached hydrogen (secondary N) is 1. The van der Waals surface area contributed by atoms with Gasteiger partial charge < -0.3 is 10.2 Å². The van der Waals surface area contributed by atoms with E-state index < -0.39 is 0 Å². The highest BCUT2D eigenvalue weighted by Crippen LogP contribution is 2.41. The van der Waals surface area contributed by atoms with Crippen LogP contribution in [0.4, 0.5) is 0 Å². The third-order valence-electron chi connectivity index (χ3n) is 6.52. The number of fused-ring (bicyclic) bond motifs is 2.